The molecule has 0 unspecified atom stereocenters. The second-order valence-corrected chi connectivity index (χ2v) is 14.2. The summed E-state index contributed by atoms with van der Waals surface area (Å²) in [6.45, 7) is 11.8. The minimum absolute atomic E-state index is 0.0454. The van der Waals surface area contributed by atoms with Gasteiger partial charge >= 0.3 is 18.0 Å². The molecule has 1 N–H and O–H groups in total. The molecule has 0 spiro atoms. The number of aromatic nitrogens is 2. The number of hydrogen-bond acceptors (Lipinski definition) is 9. The van der Waals surface area contributed by atoms with E-state index in [9.17, 15) is 32.9 Å². The van der Waals surface area contributed by atoms with Gasteiger partial charge in [-0.25, -0.2) is 9.78 Å². The first-order valence-corrected chi connectivity index (χ1v) is 15.8. The first-order valence-electron chi connectivity index (χ1n) is 15.8. The van der Waals surface area contributed by atoms with E-state index in [4.69, 9.17) is 4.74 Å². The number of aryl methyl sites for hydroxylation is 1. The topological polar surface area (TPSA) is 126 Å². The Morgan fingerprint density at radius 3 is 2.31 bits per heavy atom. The molecule has 15 heteroatoms. The maximum Gasteiger partial charge on any atom is 0.431 e. The first-order chi connectivity index (χ1) is 22.2. The lowest BCUT2D eigenvalue weighted by atomic mass is 9.90. The standard InChI is InChI=1S/C33H42F3N7O5/c1-19-10-9-11-23(20(19)2)42-24(33(34,35)36)16-22-25(37-21-12-14-40(15-13-21)30(45)48-31(3,4)5)27(43(46)47)28(38-26(22)29(42)44)41-17-32(6,18-41)39(7)8/h9-11,16,21H,12-15,17-18H2,1-8H3,(H,37,38). The molecule has 4 heterocycles. The quantitative estimate of drug-likeness (QED) is 0.252. The number of amides is 1. The Morgan fingerprint density at radius 1 is 1.15 bits per heavy atom. The van der Waals surface area contributed by atoms with Gasteiger partial charge in [0.05, 0.1) is 16.1 Å². The number of benzene rings is 1. The van der Waals surface area contributed by atoms with Crippen LogP contribution in [0.4, 0.5) is 35.2 Å². The van der Waals surface area contributed by atoms with Crippen LogP contribution in [0.15, 0.2) is 29.1 Å². The molecule has 3 aromatic rings. The number of halogens is 3. The highest BCUT2D eigenvalue weighted by Crippen LogP contribution is 2.44. The number of rotatable bonds is 6. The highest BCUT2D eigenvalue weighted by Gasteiger charge is 2.45. The molecule has 0 saturated carbocycles. The summed E-state index contributed by atoms with van der Waals surface area (Å²) in [5.41, 5.74) is -3.17. The number of pyridine rings is 2. The molecular formula is C33H42F3N7O5. The number of likely N-dealkylation sites (N-methyl/N-ethyl adjacent to an activating group) is 1. The number of likely N-dealkylation sites (tertiary alicyclic amines) is 1. The molecular weight excluding hydrogens is 631 g/mol. The van der Waals surface area contributed by atoms with Crippen molar-refractivity contribution in [2.75, 3.05) is 50.5 Å². The van der Waals surface area contributed by atoms with Crippen molar-refractivity contribution in [2.24, 2.45) is 0 Å². The lowest BCUT2D eigenvalue weighted by Crippen LogP contribution is -2.67. The Kier molecular flexibility index (Phi) is 8.91. The Hall–Kier alpha value is -4.40. The van der Waals surface area contributed by atoms with Gasteiger partial charge in [-0.3, -0.25) is 19.5 Å². The fourth-order valence-corrected chi connectivity index (χ4v) is 6.21. The van der Waals surface area contributed by atoms with E-state index in [2.05, 4.69) is 10.3 Å². The van der Waals surface area contributed by atoms with Gasteiger partial charge in [0.1, 0.15) is 22.5 Å². The molecule has 260 valence electrons. The average molecular weight is 674 g/mol. The molecule has 5 rings (SSSR count). The summed E-state index contributed by atoms with van der Waals surface area (Å²) >= 11 is 0. The highest BCUT2D eigenvalue weighted by molar-refractivity contribution is 6.00. The third kappa shape index (κ3) is 6.51. The second-order valence-electron chi connectivity index (χ2n) is 14.2. The van der Waals surface area contributed by atoms with Crippen molar-refractivity contribution < 1.29 is 27.6 Å². The molecule has 1 amide bonds. The fraction of sp³-hybridized carbons (Fsp3) is 0.545. The van der Waals surface area contributed by atoms with E-state index in [1.54, 1.807) is 51.7 Å². The number of nitrogens with one attached hydrogen (secondary N) is 1. The van der Waals surface area contributed by atoms with Gasteiger partial charge in [0, 0.05) is 37.6 Å². The number of carbonyl (C=O) groups is 1. The van der Waals surface area contributed by atoms with Crippen LogP contribution in [0.1, 0.15) is 57.4 Å². The molecule has 2 aromatic heterocycles. The largest absolute Gasteiger partial charge is 0.444 e. The molecule has 0 bridgehead atoms. The zero-order chi connectivity index (χ0) is 35.5. The third-order valence-electron chi connectivity index (χ3n) is 9.35. The van der Waals surface area contributed by atoms with Crippen molar-refractivity contribution in [3.8, 4) is 5.69 Å². The van der Waals surface area contributed by atoms with Gasteiger partial charge < -0.3 is 24.8 Å². The van der Waals surface area contributed by atoms with Crippen molar-refractivity contribution in [1.82, 2.24) is 19.4 Å². The van der Waals surface area contributed by atoms with Crippen molar-refractivity contribution in [3.63, 3.8) is 0 Å². The lowest BCUT2D eigenvalue weighted by molar-refractivity contribution is -0.383. The maximum atomic E-state index is 14.8. The van der Waals surface area contributed by atoms with Gasteiger partial charge in [-0.05, 0) is 91.7 Å². The number of ether oxygens (including phenoxy) is 1. The second kappa shape index (κ2) is 12.2. The maximum absolute atomic E-state index is 14.8. The summed E-state index contributed by atoms with van der Waals surface area (Å²) in [6, 6.07) is 5.06. The summed E-state index contributed by atoms with van der Waals surface area (Å²) < 4.78 is 50.5. The number of anilines is 2. The molecule has 12 nitrogen and oxygen atoms in total. The summed E-state index contributed by atoms with van der Waals surface area (Å²) in [4.78, 5) is 48.7. The molecule has 2 aliphatic rings. The average Bonchev–Trinajstić information content (AvgIpc) is 2.95. The van der Waals surface area contributed by atoms with Crippen molar-refractivity contribution in [1.29, 1.82) is 0 Å². The summed E-state index contributed by atoms with van der Waals surface area (Å²) in [6.07, 6.45) is -4.81. The predicted octanol–water partition coefficient (Wildman–Crippen LogP) is 5.88. The number of nitrogens with zero attached hydrogens (tertiary/aromatic N) is 6. The molecule has 2 saturated heterocycles. The van der Waals surface area contributed by atoms with Crippen molar-refractivity contribution >= 4 is 34.2 Å². The van der Waals surface area contributed by atoms with Gasteiger partial charge in [-0.15, -0.1) is 0 Å². The van der Waals surface area contributed by atoms with E-state index < -0.39 is 45.8 Å². The Balaban J connectivity index is 1.70. The smallest absolute Gasteiger partial charge is 0.431 e. The molecule has 48 heavy (non-hydrogen) atoms. The highest BCUT2D eigenvalue weighted by atomic mass is 19.4. The Labute approximate surface area is 276 Å². The minimum atomic E-state index is -4.99. The van der Waals surface area contributed by atoms with Gasteiger partial charge in [-0.1, -0.05) is 12.1 Å². The van der Waals surface area contributed by atoms with E-state index in [1.807, 2.05) is 25.9 Å². The van der Waals surface area contributed by atoms with Crippen molar-refractivity contribution in [3.05, 3.63) is 61.6 Å². The predicted molar refractivity (Wildman–Crippen MR) is 177 cm³/mol. The van der Waals surface area contributed by atoms with Crippen LogP contribution in [0.25, 0.3) is 16.6 Å². The number of nitro groups is 1. The molecule has 0 atom stereocenters. The fourth-order valence-electron chi connectivity index (χ4n) is 6.21. The van der Waals surface area contributed by atoms with Crippen LogP contribution < -0.4 is 15.8 Å². The lowest BCUT2D eigenvalue weighted by Gasteiger charge is -2.52. The minimum Gasteiger partial charge on any atom is -0.444 e. The van der Waals surface area contributed by atoms with Gasteiger partial charge in [-0.2, -0.15) is 13.2 Å². The van der Waals surface area contributed by atoms with Gasteiger partial charge in [0.25, 0.3) is 5.56 Å². The first kappa shape index (κ1) is 34.9. The van der Waals surface area contributed by atoms with Crippen LogP contribution >= 0.6 is 0 Å². The number of carbonyl (C=O) groups excluding carboxylic acids is 1. The normalized spacial score (nSPS) is 17.1. The van der Waals surface area contributed by atoms with E-state index in [1.165, 1.54) is 11.0 Å². The Bertz CT molecular complexity index is 1820. The van der Waals surface area contributed by atoms with Gasteiger partial charge in [0.2, 0.25) is 5.82 Å². The molecule has 0 aliphatic carbocycles. The monoisotopic (exact) mass is 673 g/mol. The summed E-state index contributed by atoms with van der Waals surface area (Å²) in [5.74, 6) is -0.0927. The van der Waals surface area contributed by atoms with Crippen molar-refractivity contribution in [2.45, 2.75) is 77.7 Å². The van der Waals surface area contributed by atoms with E-state index in [0.29, 0.717) is 41.6 Å². The molecule has 1 aromatic carbocycles. The zero-order valence-electron chi connectivity index (χ0n) is 28.5. The zero-order valence-corrected chi connectivity index (χ0v) is 28.5. The summed E-state index contributed by atoms with van der Waals surface area (Å²) in [5, 5.41) is 15.6. The third-order valence-corrected chi connectivity index (χ3v) is 9.35. The molecule has 2 aliphatic heterocycles. The van der Waals surface area contributed by atoms with Crippen LogP contribution in [-0.2, 0) is 10.9 Å². The number of piperidine rings is 1. The van der Waals surface area contributed by atoms with Gasteiger partial charge in [0.15, 0.2) is 0 Å². The van der Waals surface area contributed by atoms with E-state index in [0.717, 1.165) is 6.07 Å². The summed E-state index contributed by atoms with van der Waals surface area (Å²) in [7, 11) is 3.77. The van der Waals surface area contributed by atoms with Crippen LogP contribution in [-0.4, -0.2) is 87.8 Å². The van der Waals surface area contributed by atoms with Crippen LogP contribution in [0.3, 0.4) is 0 Å². The SMILES string of the molecule is Cc1cccc(-n2c(C(F)(F)F)cc3c(NC4CCN(C(=O)OC(C)(C)C)CC4)c([N+](=O)[O-])c(N4CC(C)(N(C)C)C4)nc3c2=O)c1C. The molecule has 2 fully saturated rings. The number of alkyl halides is 3. The van der Waals surface area contributed by atoms with Crippen LogP contribution in [0, 0.1) is 24.0 Å². The van der Waals surface area contributed by atoms with Crippen LogP contribution in [0.5, 0.6) is 0 Å². The number of hydrogen-bond donors (Lipinski definition) is 1. The van der Waals surface area contributed by atoms with E-state index >= 15 is 0 Å². The number of fused-ring (bicyclic) bond motifs is 1. The van der Waals surface area contributed by atoms with E-state index in [-0.39, 0.29) is 46.7 Å². The molecule has 0 radical (unpaired) electrons. The Morgan fingerprint density at radius 2 is 1.77 bits per heavy atom. The van der Waals surface area contributed by atoms with Crippen LogP contribution in [0.2, 0.25) is 0 Å².